The molecular formula is C24H23BN4O3. The molecule has 32 heavy (non-hydrogen) atoms. The minimum absolute atomic E-state index is 0.122. The van der Waals surface area contributed by atoms with Gasteiger partial charge in [-0.2, -0.15) is 4.98 Å². The highest BCUT2D eigenvalue weighted by Gasteiger charge is 2.11. The lowest BCUT2D eigenvalue weighted by Crippen LogP contribution is -2.08. The van der Waals surface area contributed by atoms with E-state index in [0.717, 1.165) is 33.5 Å². The van der Waals surface area contributed by atoms with Gasteiger partial charge in [0.2, 0.25) is 19.7 Å². The first-order valence-electron chi connectivity index (χ1n) is 10.2. The van der Waals surface area contributed by atoms with Gasteiger partial charge in [-0.1, -0.05) is 36.4 Å². The molecule has 3 aromatic carbocycles. The van der Waals surface area contributed by atoms with Gasteiger partial charge in [0.1, 0.15) is 11.5 Å². The highest BCUT2D eigenvalue weighted by molar-refractivity contribution is 6.60. The van der Waals surface area contributed by atoms with E-state index in [1.54, 1.807) is 13.2 Å². The molecule has 1 aromatic heterocycles. The third kappa shape index (κ3) is 4.97. The number of aryl methyl sites for hydroxylation is 1. The van der Waals surface area contributed by atoms with Crippen LogP contribution in [0.3, 0.4) is 0 Å². The maximum atomic E-state index is 11.5. The van der Waals surface area contributed by atoms with Gasteiger partial charge in [-0.25, -0.2) is 4.98 Å². The van der Waals surface area contributed by atoms with Gasteiger partial charge in [-0.3, -0.25) is 4.79 Å². The normalized spacial score (nSPS) is 10.6. The fourth-order valence-electron chi connectivity index (χ4n) is 3.37. The second kappa shape index (κ2) is 9.39. The summed E-state index contributed by atoms with van der Waals surface area (Å²) in [6.45, 7) is 2.46. The average Bonchev–Trinajstić information content (AvgIpc) is 2.79. The van der Waals surface area contributed by atoms with Gasteiger partial charge in [-0.15, -0.1) is 0 Å². The molecule has 8 heteroatoms. The molecule has 0 fully saturated rings. The van der Waals surface area contributed by atoms with Crippen LogP contribution in [0.5, 0.6) is 17.4 Å². The van der Waals surface area contributed by atoms with Crippen molar-refractivity contribution in [3.8, 4) is 17.4 Å². The van der Waals surface area contributed by atoms with Crippen LogP contribution >= 0.6 is 0 Å². The highest BCUT2D eigenvalue weighted by Crippen LogP contribution is 2.34. The van der Waals surface area contributed by atoms with E-state index in [-0.39, 0.29) is 5.81 Å². The molecule has 4 rings (SSSR count). The van der Waals surface area contributed by atoms with Crippen LogP contribution in [0.4, 0.5) is 16.4 Å². The summed E-state index contributed by atoms with van der Waals surface area (Å²) in [4.78, 5) is 20.5. The molecule has 0 spiro atoms. The Labute approximate surface area is 187 Å². The van der Waals surface area contributed by atoms with Crippen LogP contribution in [0.15, 0.2) is 66.7 Å². The first-order chi connectivity index (χ1) is 15.5. The highest BCUT2D eigenvalue weighted by atomic mass is 16.5. The predicted molar refractivity (Wildman–Crippen MR) is 129 cm³/mol. The quantitative estimate of drug-likeness (QED) is 0.423. The number of anilines is 2. The van der Waals surface area contributed by atoms with Crippen molar-refractivity contribution in [2.75, 3.05) is 17.7 Å². The van der Waals surface area contributed by atoms with Crippen LogP contribution in [0.1, 0.15) is 11.3 Å². The van der Waals surface area contributed by atoms with E-state index in [4.69, 9.17) is 9.47 Å². The van der Waals surface area contributed by atoms with Gasteiger partial charge in [-0.05, 0) is 36.8 Å². The fourth-order valence-corrected chi connectivity index (χ4v) is 3.37. The molecule has 160 valence electrons. The molecule has 2 N–H and O–H groups in total. The molecular weight excluding hydrogens is 403 g/mol. The van der Waals surface area contributed by atoms with E-state index < -0.39 is 0 Å². The number of nitrogens with zero attached hydrogens (tertiary/aromatic N) is 2. The van der Waals surface area contributed by atoms with Crippen LogP contribution in [0.2, 0.25) is 0 Å². The number of ether oxygens (including phenoxy) is 2. The van der Waals surface area contributed by atoms with Crippen LogP contribution in [-0.4, -0.2) is 30.7 Å². The number of nitrogens with one attached hydrogen (secondary N) is 2. The third-order valence-corrected chi connectivity index (χ3v) is 4.85. The number of hydrogen-bond acceptors (Lipinski definition) is 6. The van der Waals surface area contributed by atoms with E-state index in [2.05, 4.69) is 20.6 Å². The maximum Gasteiger partial charge on any atom is 0.226 e. The molecule has 0 saturated carbocycles. The van der Waals surface area contributed by atoms with Crippen molar-refractivity contribution >= 4 is 36.1 Å². The SMILES string of the molecule is BC(=O)Nc1ccc(Oc2cc(C)nc(NCc3ccc(OC)cc3)n2)c2ccccc12. The first kappa shape index (κ1) is 21.2. The fraction of sp³-hybridized carbons (Fsp3) is 0.125. The van der Waals surface area contributed by atoms with Crippen LogP contribution < -0.4 is 20.1 Å². The smallest absolute Gasteiger partial charge is 0.226 e. The van der Waals surface area contributed by atoms with E-state index in [9.17, 15) is 4.79 Å². The van der Waals surface area contributed by atoms with Gasteiger partial charge in [0.25, 0.3) is 0 Å². The van der Waals surface area contributed by atoms with Crippen molar-refractivity contribution in [1.82, 2.24) is 9.97 Å². The van der Waals surface area contributed by atoms with E-state index in [1.807, 2.05) is 67.6 Å². The minimum atomic E-state index is -0.122. The molecule has 4 aromatic rings. The van der Waals surface area contributed by atoms with E-state index in [1.165, 1.54) is 7.85 Å². The molecule has 1 amide bonds. The Balaban J connectivity index is 1.56. The Bertz CT molecular complexity index is 1260. The lowest BCUT2D eigenvalue weighted by Gasteiger charge is -2.13. The lowest BCUT2D eigenvalue weighted by atomic mass is 10.1. The number of amides is 1. The Morgan fingerprint density at radius 1 is 1.00 bits per heavy atom. The van der Waals surface area contributed by atoms with Crippen LogP contribution in [0.25, 0.3) is 10.8 Å². The Kier molecular flexibility index (Phi) is 6.21. The summed E-state index contributed by atoms with van der Waals surface area (Å²) < 4.78 is 11.3. The number of aromatic nitrogens is 2. The standard InChI is InChI=1S/C24H23BN4O3/c1-15-13-22(29-24(27-15)26-14-16-7-9-17(31-2)10-8-16)32-21-12-11-20(28-23(25)30)18-5-3-4-6-19(18)21/h3-13H,14,25H2,1-2H3,(H,28,30)(H,26,27,29). The molecule has 1 heterocycles. The van der Waals surface area contributed by atoms with Gasteiger partial charge in [0, 0.05) is 34.8 Å². The molecule has 0 aliphatic carbocycles. The van der Waals surface area contributed by atoms with Crippen LogP contribution in [0, 0.1) is 6.92 Å². The monoisotopic (exact) mass is 426 g/mol. The Morgan fingerprint density at radius 3 is 2.47 bits per heavy atom. The molecule has 0 atom stereocenters. The number of carbonyl (C=O) groups excluding carboxylic acids is 1. The zero-order chi connectivity index (χ0) is 22.5. The summed E-state index contributed by atoms with van der Waals surface area (Å²) in [5.74, 6) is 2.26. The van der Waals surface area contributed by atoms with Crippen molar-refractivity contribution in [3.05, 3.63) is 78.0 Å². The molecule has 7 nitrogen and oxygen atoms in total. The Hall–Kier alpha value is -4.07. The minimum Gasteiger partial charge on any atom is -0.497 e. The van der Waals surface area contributed by atoms with E-state index in [0.29, 0.717) is 24.1 Å². The zero-order valence-corrected chi connectivity index (χ0v) is 18.2. The number of benzene rings is 3. The molecule has 0 radical (unpaired) electrons. The van der Waals surface area contributed by atoms with Gasteiger partial charge < -0.3 is 20.1 Å². The summed E-state index contributed by atoms with van der Waals surface area (Å²) in [7, 11) is 3.13. The van der Waals surface area contributed by atoms with Crippen molar-refractivity contribution in [2.45, 2.75) is 13.5 Å². The third-order valence-electron chi connectivity index (χ3n) is 4.85. The summed E-state index contributed by atoms with van der Waals surface area (Å²) in [5.41, 5.74) is 2.60. The van der Waals surface area contributed by atoms with Gasteiger partial charge in [0.15, 0.2) is 5.81 Å². The van der Waals surface area contributed by atoms with Crippen molar-refractivity contribution < 1.29 is 14.3 Å². The number of methoxy groups -OCH3 is 1. The number of fused-ring (bicyclic) bond motifs is 1. The largest absolute Gasteiger partial charge is 0.497 e. The van der Waals surface area contributed by atoms with Gasteiger partial charge >= 0.3 is 0 Å². The molecule has 0 unspecified atom stereocenters. The van der Waals surface area contributed by atoms with Crippen molar-refractivity contribution in [2.24, 2.45) is 0 Å². The molecule has 0 bridgehead atoms. The number of rotatable bonds is 7. The zero-order valence-electron chi connectivity index (χ0n) is 18.2. The summed E-state index contributed by atoms with van der Waals surface area (Å²) in [6.07, 6.45) is 0. The average molecular weight is 426 g/mol. The molecule has 0 saturated heterocycles. The molecule has 0 aliphatic heterocycles. The molecule has 0 aliphatic rings. The van der Waals surface area contributed by atoms with Crippen LogP contribution in [-0.2, 0) is 6.54 Å². The number of hydrogen-bond donors (Lipinski definition) is 2. The summed E-state index contributed by atoms with van der Waals surface area (Å²) in [5, 5.41) is 7.87. The predicted octanol–water partition coefficient (Wildman–Crippen LogP) is 4.52. The maximum absolute atomic E-state index is 11.5. The number of carbonyl (C=O) groups is 1. The summed E-state index contributed by atoms with van der Waals surface area (Å²) >= 11 is 0. The lowest BCUT2D eigenvalue weighted by molar-refractivity contribution is 0.269. The first-order valence-corrected chi connectivity index (χ1v) is 10.2. The summed E-state index contributed by atoms with van der Waals surface area (Å²) in [6, 6.07) is 21.0. The topological polar surface area (TPSA) is 85.4 Å². The van der Waals surface area contributed by atoms with E-state index >= 15 is 0 Å². The Morgan fingerprint density at radius 2 is 1.75 bits per heavy atom. The van der Waals surface area contributed by atoms with Crippen molar-refractivity contribution in [1.29, 1.82) is 0 Å². The second-order valence-electron chi connectivity index (χ2n) is 7.31. The van der Waals surface area contributed by atoms with Gasteiger partial charge in [0.05, 0.1) is 7.11 Å². The van der Waals surface area contributed by atoms with Crippen molar-refractivity contribution in [3.63, 3.8) is 0 Å². The second-order valence-corrected chi connectivity index (χ2v) is 7.31.